The van der Waals surface area contributed by atoms with Gasteiger partial charge in [0.2, 0.25) is 5.91 Å². The first-order valence-electron chi connectivity index (χ1n) is 11.8. The predicted molar refractivity (Wildman–Crippen MR) is 118 cm³/mol. The number of carbonyl (C=O) groups excluding carboxylic acids is 2. The van der Waals surface area contributed by atoms with Crippen LogP contribution >= 0.6 is 0 Å². The SMILES string of the molecule is CCCCCCC(CC=CCCCCCCCC(=O)N1CCOCC1)OC(C)=O. The maximum atomic E-state index is 12.1. The molecular formula is C24H43NO4. The molecule has 1 heterocycles. The number of carbonyl (C=O) groups is 2. The second-order valence-corrected chi connectivity index (χ2v) is 8.09. The average Bonchev–Trinajstić information content (AvgIpc) is 2.72. The zero-order chi connectivity index (χ0) is 21.2. The topological polar surface area (TPSA) is 55.8 Å². The van der Waals surface area contributed by atoms with Crippen LogP contribution in [0.5, 0.6) is 0 Å². The van der Waals surface area contributed by atoms with Crippen molar-refractivity contribution in [1.82, 2.24) is 4.90 Å². The van der Waals surface area contributed by atoms with Gasteiger partial charge in [-0.1, -0.05) is 57.6 Å². The predicted octanol–water partition coefficient (Wildman–Crippen LogP) is 5.42. The highest BCUT2D eigenvalue weighted by Gasteiger charge is 2.15. The van der Waals surface area contributed by atoms with Crippen LogP contribution in [0.2, 0.25) is 0 Å². The smallest absolute Gasteiger partial charge is 0.302 e. The first-order valence-corrected chi connectivity index (χ1v) is 11.8. The molecule has 5 heteroatoms. The van der Waals surface area contributed by atoms with Crippen molar-refractivity contribution in [2.24, 2.45) is 0 Å². The molecule has 0 radical (unpaired) electrons. The molecule has 1 fully saturated rings. The molecule has 29 heavy (non-hydrogen) atoms. The van der Waals surface area contributed by atoms with Crippen LogP contribution in [-0.2, 0) is 19.1 Å². The number of morpholine rings is 1. The van der Waals surface area contributed by atoms with Crippen LogP contribution < -0.4 is 0 Å². The van der Waals surface area contributed by atoms with Gasteiger partial charge < -0.3 is 14.4 Å². The van der Waals surface area contributed by atoms with Crippen molar-refractivity contribution in [2.45, 2.75) is 103 Å². The number of esters is 1. The van der Waals surface area contributed by atoms with Gasteiger partial charge in [0.1, 0.15) is 6.10 Å². The minimum atomic E-state index is -0.175. The lowest BCUT2D eigenvalue weighted by Gasteiger charge is -2.26. The maximum absolute atomic E-state index is 12.1. The summed E-state index contributed by atoms with van der Waals surface area (Å²) in [4.78, 5) is 25.2. The number of nitrogens with zero attached hydrogens (tertiary/aromatic N) is 1. The van der Waals surface area contributed by atoms with Crippen LogP contribution in [0.15, 0.2) is 12.2 Å². The molecule has 0 bridgehead atoms. The van der Waals surface area contributed by atoms with Crippen LogP contribution in [0.25, 0.3) is 0 Å². The minimum absolute atomic E-state index is 0.0320. The Labute approximate surface area is 178 Å². The van der Waals surface area contributed by atoms with E-state index < -0.39 is 0 Å². The van der Waals surface area contributed by atoms with Crippen molar-refractivity contribution in [3.05, 3.63) is 12.2 Å². The Morgan fingerprint density at radius 3 is 2.38 bits per heavy atom. The van der Waals surface area contributed by atoms with Gasteiger partial charge in [0.25, 0.3) is 0 Å². The zero-order valence-electron chi connectivity index (χ0n) is 18.8. The Bertz CT molecular complexity index is 458. The zero-order valence-corrected chi connectivity index (χ0v) is 18.8. The van der Waals surface area contributed by atoms with Crippen LogP contribution in [0.4, 0.5) is 0 Å². The molecule has 1 amide bonds. The van der Waals surface area contributed by atoms with E-state index in [4.69, 9.17) is 9.47 Å². The van der Waals surface area contributed by atoms with Crippen molar-refractivity contribution >= 4 is 11.9 Å². The maximum Gasteiger partial charge on any atom is 0.302 e. The van der Waals surface area contributed by atoms with Gasteiger partial charge in [0.05, 0.1) is 13.2 Å². The van der Waals surface area contributed by atoms with Crippen molar-refractivity contribution in [1.29, 1.82) is 0 Å². The first kappa shape index (κ1) is 25.7. The fourth-order valence-electron chi connectivity index (χ4n) is 3.66. The van der Waals surface area contributed by atoms with Crippen LogP contribution in [0.3, 0.4) is 0 Å². The van der Waals surface area contributed by atoms with Gasteiger partial charge in [0, 0.05) is 32.9 Å². The molecule has 1 aliphatic heterocycles. The van der Waals surface area contributed by atoms with E-state index in [0.717, 1.165) is 51.6 Å². The van der Waals surface area contributed by atoms with E-state index in [1.807, 2.05) is 4.90 Å². The summed E-state index contributed by atoms with van der Waals surface area (Å²) in [5.74, 6) is 0.110. The lowest BCUT2D eigenvalue weighted by atomic mass is 10.1. The van der Waals surface area contributed by atoms with Crippen LogP contribution in [0.1, 0.15) is 97.3 Å². The van der Waals surface area contributed by atoms with E-state index >= 15 is 0 Å². The number of unbranched alkanes of at least 4 members (excludes halogenated alkanes) is 8. The lowest BCUT2D eigenvalue weighted by Crippen LogP contribution is -2.40. The molecule has 0 aromatic heterocycles. The number of amides is 1. The average molecular weight is 410 g/mol. The van der Waals surface area contributed by atoms with Crippen molar-refractivity contribution in [2.75, 3.05) is 26.3 Å². The molecule has 1 saturated heterocycles. The van der Waals surface area contributed by atoms with Crippen molar-refractivity contribution in [3.63, 3.8) is 0 Å². The molecule has 0 saturated carbocycles. The summed E-state index contributed by atoms with van der Waals surface area (Å²) in [5.41, 5.74) is 0. The van der Waals surface area contributed by atoms with E-state index in [0.29, 0.717) is 19.6 Å². The van der Waals surface area contributed by atoms with Gasteiger partial charge in [-0.2, -0.15) is 0 Å². The summed E-state index contributed by atoms with van der Waals surface area (Å²) in [6.07, 6.45) is 18.5. The molecular weight excluding hydrogens is 366 g/mol. The molecule has 168 valence electrons. The normalized spacial score (nSPS) is 15.6. The summed E-state index contributed by atoms with van der Waals surface area (Å²) < 4.78 is 10.7. The number of hydrogen-bond acceptors (Lipinski definition) is 4. The van der Waals surface area contributed by atoms with Gasteiger partial charge in [-0.05, 0) is 32.1 Å². The van der Waals surface area contributed by atoms with Gasteiger partial charge in [0.15, 0.2) is 0 Å². The van der Waals surface area contributed by atoms with E-state index in [2.05, 4.69) is 19.1 Å². The fraction of sp³-hybridized carbons (Fsp3) is 0.833. The Balaban J connectivity index is 2.00. The highest BCUT2D eigenvalue weighted by atomic mass is 16.5. The Hall–Kier alpha value is -1.36. The molecule has 0 aromatic rings. The van der Waals surface area contributed by atoms with Gasteiger partial charge in [-0.3, -0.25) is 9.59 Å². The molecule has 5 nitrogen and oxygen atoms in total. The Morgan fingerprint density at radius 2 is 1.66 bits per heavy atom. The third kappa shape index (κ3) is 14.3. The fourth-order valence-corrected chi connectivity index (χ4v) is 3.66. The summed E-state index contributed by atoms with van der Waals surface area (Å²) in [6, 6.07) is 0. The molecule has 1 unspecified atom stereocenters. The summed E-state index contributed by atoms with van der Waals surface area (Å²) in [6.45, 7) is 6.57. The molecule has 0 aromatic carbocycles. The molecule has 1 rings (SSSR count). The van der Waals surface area contributed by atoms with Crippen LogP contribution in [-0.4, -0.2) is 49.2 Å². The molecule has 1 atom stereocenters. The highest BCUT2D eigenvalue weighted by molar-refractivity contribution is 5.76. The Kier molecular flexibility index (Phi) is 15.5. The number of hydrogen-bond donors (Lipinski definition) is 0. The van der Waals surface area contributed by atoms with E-state index in [1.54, 1.807) is 0 Å². The summed E-state index contributed by atoms with van der Waals surface area (Å²) in [7, 11) is 0. The lowest BCUT2D eigenvalue weighted by molar-refractivity contribution is -0.146. The molecule has 1 aliphatic rings. The summed E-state index contributed by atoms with van der Waals surface area (Å²) in [5, 5.41) is 0. The third-order valence-electron chi connectivity index (χ3n) is 5.40. The van der Waals surface area contributed by atoms with Crippen molar-refractivity contribution in [3.8, 4) is 0 Å². The molecule has 0 spiro atoms. The van der Waals surface area contributed by atoms with E-state index in [9.17, 15) is 9.59 Å². The van der Waals surface area contributed by atoms with Gasteiger partial charge >= 0.3 is 5.97 Å². The number of allylic oxidation sites excluding steroid dienone is 1. The molecule has 0 aliphatic carbocycles. The second-order valence-electron chi connectivity index (χ2n) is 8.09. The van der Waals surface area contributed by atoms with Crippen molar-refractivity contribution < 1.29 is 19.1 Å². The van der Waals surface area contributed by atoms with Gasteiger partial charge in [-0.15, -0.1) is 0 Å². The first-order chi connectivity index (χ1) is 14.1. The van der Waals surface area contributed by atoms with Crippen LogP contribution in [0, 0.1) is 0 Å². The van der Waals surface area contributed by atoms with Gasteiger partial charge in [-0.25, -0.2) is 0 Å². The number of rotatable bonds is 16. The second kappa shape index (κ2) is 17.5. The third-order valence-corrected chi connectivity index (χ3v) is 5.40. The molecule has 0 N–H and O–H groups in total. The minimum Gasteiger partial charge on any atom is -0.462 e. The summed E-state index contributed by atoms with van der Waals surface area (Å²) >= 11 is 0. The number of ether oxygens (including phenoxy) is 2. The quantitative estimate of drug-likeness (QED) is 0.194. The Morgan fingerprint density at radius 1 is 0.966 bits per heavy atom. The van der Waals surface area contributed by atoms with E-state index in [1.165, 1.54) is 45.4 Å². The van der Waals surface area contributed by atoms with E-state index in [-0.39, 0.29) is 18.0 Å². The monoisotopic (exact) mass is 409 g/mol. The highest BCUT2D eigenvalue weighted by Crippen LogP contribution is 2.14. The largest absolute Gasteiger partial charge is 0.462 e. The standard InChI is InChI=1S/C24H43NO4/c1-3-4-5-12-15-23(29-22(2)26)16-13-10-8-6-7-9-11-14-17-24(27)25-18-20-28-21-19-25/h10,13,23H,3-9,11-12,14-21H2,1-2H3.